The molecule has 0 bridgehead atoms. The Morgan fingerprint density at radius 2 is 0.750 bits per heavy atom. The molecule has 0 N–H and O–H groups in total. The van der Waals surface area contributed by atoms with Gasteiger partial charge < -0.3 is 19.3 Å². The van der Waals surface area contributed by atoms with E-state index in [0.717, 1.165) is 51.5 Å². The zero-order valence-corrected chi connectivity index (χ0v) is 39.6. The summed E-state index contributed by atoms with van der Waals surface area (Å²) in [4.78, 5) is 29.9. The van der Waals surface area contributed by atoms with Crippen molar-refractivity contribution in [3.63, 3.8) is 0 Å². The summed E-state index contributed by atoms with van der Waals surface area (Å²) in [6.45, 7) is 19.0. The van der Waals surface area contributed by atoms with Crippen molar-refractivity contribution in [3.8, 4) is 0 Å². The first kappa shape index (κ1) is 57.0. The second kappa shape index (κ2) is 46.5. The summed E-state index contributed by atoms with van der Waals surface area (Å²) in [6.07, 6.45) is 39.1. The van der Waals surface area contributed by atoms with Crippen LogP contribution in [-0.2, 0) is 19.1 Å². The van der Waals surface area contributed by atoms with E-state index in [1.807, 2.05) is 6.92 Å². The van der Waals surface area contributed by atoms with Crippen LogP contribution < -0.4 is 0 Å². The number of hydrogen-bond donors (Lipinski definition) is 0. The Balaban J connectivity index is 0. The first-order valence-electron chi connectivity index (χ1n) is 25.0. The van der Waals surface area contributed by atoms with Crippen molar-refractivity contribution in [2.24, 2.45) is 11.8 Å². The number of carbonyl (C=O) groups excluding carboxylic acids is 2. The first-order valence-corrected chi connectivity index (χ1v) is 25.0. The quantitative estimate of drug-likeness (QED) is 0.0453. The van der Waals surface area contributed by atoms with Gasteiger partial charge >= 0.3 is 11.9 Å². The van der Waals surface area contributed by atoms with E-state index in [4.69, 9.17) is 9.47 Å². The Morgan fingerprint density at radius 3 is 1.21 bits per heavy atom. The molecule has 0 fully saturated rings. The molecule has 6 nitrogen and oxygen atoms in total. The largest absolute Gasteiger partial charge is 0.465 e. The predicted molar refractivity (Wildman–Crippen MR) is 246 cm³/mol. The Labute approximate surface area is 352 Å². The zero-order valence-electron chi connectivity index (χ0n) is 39.6. The third-order valence-electron chi connectivity index (χ3n) is 11.4. The minimum atomic E-state index is 0.00238. The molecule has 56 heavy (non-hydrogen) atoms. The Bertz CT molecular complexity index is 789. The first-order chi connectivity index (χ1) is 27.3. The van der Waals surface area contributed by atoms with Gasteiger partial charge in [0, 0.05) is 13.1 Å². The van der Waals surface area contributed by atoms with Gasteiger partial charge in [-0.15, -0.1) is 0 Å². The maximum atomic E-state index is 12.8. The highest BCUT2D eigenvalue weighted by atomic mass is 16.5. The molecular weight excluding hydrogens is 693 g/mol. The van der Waals surface area contributed by atoms with E-state index in [9.17, 15) is 9.59 Å². The minimum Gasteiger partial charge on any atom is -0.465 e. The van der Waals surface area contributed by atoms with Crippen molar-refractivity contribution in [2.75, 3.05) is 53.5 Å². The molecule has 336 valence electrons. The van der Waals surface area contributed by atoms with Crippen LogP contribution in [0.2, 0.25) is 0 Å². The average Bonchev–Trinajstić information content (AvgIpc) is 3.19. The summed E-state index contributed by atoms with van der Waals surface area (Å²) in [5.41, 5.74) is 0. The van der Waals surface area contributed by atoms with Gasteiger partial charge in [-0.2, -0.15) is 0 Å². The van der Waals surface area contributed by atoms with E-state index < -0.39 is 0 Å². The number of carbonyl (C=O) groups is 2. The smallest absolute Gasteiger partial charge is 0.308 e. The van der Waals surface area contributed by atoms with E-state index in [1.54, 1.807) is 0 Å². The van der Waals surface area contributed by atoms with Gasteiger partial charge in [0.15, 0.2) is 0 Å². The van der Waals surface area contributed by atoms with Gasteiger partial charge in [-0.3, -0.25) is 9.59 Å². The lowest BCUT2D eigenvalue weighted by Crippen LogP contribution is -2.33. The minimum absolute atomic E-state index is 0.00238. The van der Waals surface area contributed by atoms with Crippen LogP contribution in [0.3, 0.4) is 0 Å². The number of likely N-dealkylation sites (N-methyl/N-ethyl adjacent to an activating group) is 1. The number of rotatable bonds is 42. The third kappa shape index (κ3) is 42.5. The van der Waals surface area contributed by atoms with Crippen molar-refractivity contribution in [1.29, 1.82) is 0 Å². The van der Waals surface area contributed by atoms with Crippen LogP contribution in [0.1, 0.15) is 247 Å². The van der Waals surface area contributed by atoms with Crippen LogP contribution in [0, 0.1) is 11.8 Å². The maximum Gasteiger partial charge on any atom is 0.308 e. The van der Waals surface area contributed by atoms with Crippen molar-refractivity contribution in [2.45, 2.75) is 247 Å². The van der Waals surface area contributed by atoms with Crippen molar-refractivity contribution in [3.05, 3.63) is 0 Å². The normalized spacial score (nSPS) is 12.5. The molecular formula is C50H102N2O4. The van der Waals surface area contributed by atoms with E-state index in [1.165, 1.54) is 180 Å². The molecule has 0 rings (SSSR count). The molecule has 0 heterocycles. The van der Waals surface area contributed by atoms with Crippen LogP contribution in [-0.4, -0.2) is 75.2 Å². The zero-order chi connectivity index (χ0) is 41.7. The molecule has 0 amide bonds. The number of unbranched alkanes of at least 4 members (excludes halogenated alkanes) is 23. The fraction of sp³-hybridized carbons (Fsp3) is 0.960. The summed E-state index contributed by atoms with van der Waals surface area (Å²) in [5, 5.41) is 0. The molecule has 0 aromatic rings. The van der Waals surface area contributed by atoms with Crippen molar-refractivity contribution >= 4 is 11.9 Å². The van der Waals surface area contributed by atoms with Gasteiger partial charge in [0.05, 0.1) is 25.0 Å². The highest BCUT2D eigenvalue weighted by Gasteiger charge is 2.19. The van der Waals surface area contributed by atoms with Crippen LogP contribution in [0.5, 0.6) is 0 Å². The van der Waals surface area contributed by atoms with E-state index in [2.05, 4.69) is 58.5 Å². The van der Waals surface area contributed by atoms with Gasteiger partial charge in [-0.1, -0.05) is 202 Å². The summed E-state index contributed by atoms with van der Waals surface area (Å²) in [5.74, 6) is 0.250. The monoisotopic (exact) mass is 795 g/mol. The van der Waals surface area contributed by atoms with E-state index in [-0.39, 0.29) is 23.8 Å². The van der Waals surface area contributed by atoms with Crippen LogP contribution >= 0.6 is 0 Å². The number of ether oxygens (including phenoxy) is 2. The lowest BCUT2D eigenvalue weighted by atomic mass is 9.94. The molecule has 2 unspecified atom stereocenters. The van der Waals surface area contributed by atoms with Gasteiger partial charge in [-0.05, 0) is 72.1 Å². The predicted octanol–water partition coefficient (Wildman–Crippen LogP) is 14.8. The Morgan fingerprint density at radius 1 is 0.393 bits per heavy atom. The molecule has 0 saturated heterocycles. The maximum absolute atomic E-state index is 12.8. The number of esters is 2. The summed E-state index contributed by atoms with van der Waals surface area (Å²) >= 11 is 0. The lowest BCUT2D eigenvalue weighted by Gasteiger charge is -2.24. The standard InChI is InChI=1S/C46H92N2O4.C4H10/c1-7-10-13-22-29-36-44(35-27-12-9-3)46(50)52-42-33-26-20-16-15-18-23-30-37-48(40-39-47(5)6)38-31-24-19-17-21-25-32-41-51-45(49)43(4)34-28-14-11-8-2;1-3-4-2/h43-44H,7-42H2,1-6H3;3-4H2,1-2H3. The molecule has 0 saturated carbocycles. The molecule has 0 aromatic carbocycles. The molecule has 2 atom stereocenters. The SMILES string of the molecule is CCCC.CCCCCCCC(CCCCC)C(=O)OCCCCCCCCCCN(CCCCCCCCCOC(=O)C(C)CCCCCC)CCN(C)C. The van der Waals surface area contributed by atoms with Gasteiger partial charge in [0.2, 0.25) is 0 Å². The molecule has 0 aliphatic carbocycles. The van der Waals surface area contributed by atoms with E-state index >= 15 is 0 Å². The number of hydrogen-bond acceptors (Lipinski definition) is 6. The lowest BCUT2D eigenvalue weighted by molar-refractivity contribution is -0.149. The fourth-order valence-corrected chi connectivity index (χ4v) is 7.11. The van der Waals surface area contributed by atoms with E-state index in [0.29, 0.717) is 13.2 Å². The Hall–Kier alpha value is -1.14. The van der Waals surface area contributed by atoms with Gasteiger partial charge in [0.25, 0.3) is 0 Å². The second-order valence-electron chi connectivity index (χ2n) is 17.4. The molecule has 0 aromatic heterocycles. The topological polar surface area (TPSA) is 59.1 Å². The average molecular weight is 795 g/mol. The molecule has 0 aliphatic rings. The fourth-order valence-electron chi connectivity index (χ4n) is 7.11. The Kier molecular flexibility index (Phi) is 47.3. The third-order valence-corrected chi connectivity index (χ3v) is 11.4. The van der Waals surface area contributed by atoms with Crippen LogP contribution in [0.15, 0.2) is 0 Å². The molecule has 0 aliphatic heterocycles. The highest BCUT2D eigenvalue weighted by molar-refractivity contribution is 5.72. The van der Waals surface area contributed by atoms with Crippen molar-refractivity contribution in [1.82, 2.24) is 9.80 Å². The van der Waals surface area contributed by atoms with Gasteiger partial charge in [0.1, 0.15) is 0 Å². The molecule has 0 radical (unpaired) electrons. The van der Waals surface area contributed by atoms with Crippen LogP contribution in [0.4, 0.5) is 0 Å². The number of nitrogens with zero attached hydrogens (tertiary/aromatic N) is 2. The second-order valence-corrected chi connectivity index (χ2v) is 17.4. The summed E-state index contributed by atoms with van der Waals surface area (Å²) in [6, 6.07) is 0. The van der Waals surface area contributed by atoms with Crippen molar-refractivity contribution < 1.29 is 19.1 Å². The molecule has 6 heteroatoms. The highest BCUT2D eigenvalue weighted by Crippen LogP contribution is 2.21. The summed E-state index contributed by atoms with van der Waals surface area (Å²) in [7, 11) is 4.36. The summed E-state index contributed by atoms with van der Waals surface area (Å²) < 4.78 is 11.3. The molecule has 0 spiro atoms. The van der Waals surface area contributed by atoms with Crippen LogP contribution in [0.25, 0.3) is 0 Å². The van der Waals surface area contributed by atoms with Gasteiger partial charge in [-0.25, -0.2) is 0 Å².